The maximum Gasteiger partial charge on any atom is 0.310 e. The lowest BCUT2D eigenvalue weighted by atomic mass is 9.80. The normalized spacial score (nSPS) is 14.9. The van der Waals surface area contributed by atoms with Crippen LogP contribution >= 0.6 is 0 Å². The second-order valence-electron chi connectivity index (χ2n) is 6.54. The highest BCUT2D eigenvalue weighted by Gasteiger charge is 2.35. The number of nitrogens with zero attached hydrogens (tertiary/aromatic N) is 2. The molecule has 0 aromatic heterocycles. The van der Waals surface area contributed by atoms with Gasteiger partial charge in [-0.3, -0.25) is 14.9 Å². The standard InChI is InChI=1S/C20H19N3O4/c21-14-20(11-3-4-12-20)15-7-9-16(10-8-15)22-19(24)13-27-18-6-2-1-5-17(18)23(25)26/h1-2,5-10H,3-4,11-13H2,(H,22,24). The van der Waals surface area contributed by atoms with Crippen LogP contribution in [0.1, 0.15) is 31.2 Å². The van der Waals surface area contributed by atoms with Crippen LogP contribution < -0.4 is 10.1 Å². The van der Waals surface area contributed by atoms with E-state index in [1.807, 2.05) is 12.1 Å². The SMILES string of the molecule is N#CC1(c2ccc(NC(=O)COc3ccccc3[N+](=O)[O-])cc2)CCCC1. The summed E-state index contributed by atoms with van der Waals surface area (Å²) in [5, 5.41) is 23.2. The lowest BCUT2D eigenvalue weighted by Crippen LogP contribution is -2.21. The first kappa shape index (κ1) is 18.4. The molecule has 2 aromatic rings. The van der Waals surface area contributed by atoms with Crippen LogP contribution in [-0.2, 0) is 10.2 Å². The number of amides is 1. The van der Waals surface area contributed by atoms with Crippen LogP contribution in [0.3, 0.4) is 0 Å². The number of nitrogens with one attached hydrogen (secondary N) is 1. The average molecular weight is 365 g/mol. The first-order chi connectivity index (χ1) is 13.0. The van der Waals surface area contributed by atoms with Gasteiger partial charge in [0, 0.05) is 11.8 Å². The average Bonchev–Trinajstić information content (AvgIpc) is 3.17. The van der Waals surface area contributed by atoms with Crippen molar-refractivity contribution in [3.8, 4) is 11.8 Å². The minimum atomic E-state index is -0.556. The number of carbonyl (C=O) groups excluding carboxylic acids is 1. The zero-order chi connectivity index (χ0) is 19.3. The Bertz CT molecular complexity index is 881. The Morgan fingerprint density at radius 2 is 1.85 bits per heavy atom. The quantitative estimate of drug-likeness (QED) is 0.616. The van der Waals surface area contributed by atoms with Crippen molar-refractivity contribution in [3.63, 3.8) is 0 Å². The third kappa shape index (κ3) is 4.06. The fourth-order valence-electron chi connectivity index (χ4n) is 3.39. The molecule has 138 valence electrons. The molecule has 3 rings (SSSR count). The van der Waals surface area contributed by atoms with Crippen molar-refractivity contribution in [3.05, 3.63) is 64.2 Å². The summed E-state index contributed by atoms with van der Waals surface area (Å²) in [6, 6.07) is 15.6. The van der Waals surface area contributed by atoms with Crippen molar-refractivity contribution in [2.24, 2.45) is 0 Å². The Kier molecular flexibility index (Phi) is 5.36. The lowest BCUT2D eigenvalue weighted by Gasteiger charge is -2.20. The highest BCUT2D eigenvalue weighted by Crippen LogP contribution is 2.40. The van der Waals surface area contributed by atoms with Crippen LogP contribution in [-0.4, -0.2) is 17.4 Å². The molecule has 0 aliphatic heterocycles. The molecule has 0 bridgehead atoms. The summed E-state index contributed by atoms with van der Waals surface area (Å²) in [4.78, 5) is 22.5. The van der Waals surface area contributed by atoms with E-state index in [1.54, 1.807) is 18.2 Å². The fourth-order valence-corrected chi connectivity index (χ4v) is 3.39. The molecule has 0 spiro atoms. The smallest absolute Gasteiger partial charge is 0.310 e. The largest absolute Gasteiger partial charge is 0.477 e. The number of hydrogen-bond donors (Lipinski definition) is 1. The number of nitro groups is 1. The highest BCUT2D eigenvalue weighted by atomic mass is 16.6. The van der Waals surface area contributed by atoms with Gasteiger partial charge in [-0.05, 0) is 36.6 Å². The van der Waals surface area contributed by atoms with E-state index >= 15 is 0 Å². The van der Waals surface area contributed by atoms with Crippen molar-refractivity contribution in [2.75, 3.05) is 11.9 Å². The molecule has 7 nitrogen and oxygen atoms in total. The van der Waals surface area contributed by atoms with Gasteiger partial charge < -0.3 is 10.1 Å². The Morgan fingerprint density at radius 3 is 2.48 bits per heavy atom. The van der Waals surface area contributed by atoms with Crippen molar-refractivity contribution < 1.29 is 14.5 Å². The van der Waals surface area contributed by atoms with Gasteiger partial charge in [-0.15, -0.1) is 0 Å². The number of hydrogen-bond acceptors (Lipinski definition) is 5. The maximum atomic E-state index is 12.1. The third-order valence-electron chi connectivity index (χ3n) is 4.81. The zero-order valence-corrected chi connectivity index (χ0v) is 14.7. The summed E-state index contributed by atoms with van der Waals surface area (Å²) in [6.45, 7) is -0.339. The fraction of sp³-hybridized carbons (Fsp3) is 0.300. The second kappa shape index (κ2) is 7.87. The van der Waals surface area contributed by atoms with E-state index in [1.165, 1.54) is 18.2 Å². The Balaban J connectivity index is 1.60. The minimum absolute atomic E-state index is 0.0465. The Morgan fingerprint density at radius 1 is 1.19 bits per heavy atom. The van der Waals surface area contributed by atoms with Gasteiger partial charge in [0.1, 0.15) is 0 Å². The zero-order valence-electron chi connectivity index (χ0n) is 14.7. The van der Waals surface area contributed by atoms with Gasteiger partial charge >= 0.3 is 5.69 Å². The van der Waals surface area contributed by atoms with Crippen LogP contribution in [0.15, 0.2) is 48.5 Å². The topological polar surface area (TPSA) is 105 Å². The van der Waals surface area contributed by atoms with E-state index in [9.17, 15) is 20.2 Å². The Labute approximate surface area is 156 Å². The van der Waals surface area contributed by atoms with Crippen LogP contribution in [0.25, 0.3) is 0 Å². The Hall–Kier alpha value is -3.40. The molecule has 1 aliphatic rings. The van der Waals surface area contributed by atoms with E-state index in [2.05, 4.69) is 11.4 Å². The first-order valence-corrected chi connectivity index (χ1v) is 8.72. The van der Waals surface area contributed by atoms with Gasteiger partial charge in [-0.25, -0.2) is 0 Å². The summed E-state index contributed by atoms with van der Waals surface area (Å²) in [7, 11) is 0. The number of para-hydroxylation sites is 2. The molecule has 0 unspecified atom stereocenters. The number of carbonyl (C=O) groups is 1. The second-order valence-corrected chi connectivity index (χ2v) is 6.54. The summed E-state index contributed by atoms with van der Waals surface area (Å²) in [6.07, 6.45) is 3.82. The molecule has 7 heteroatoms. The summed E-state index contributed by atoms with van der Waals surface area (Å²) in [5.74, 6) is -0.373. The van der Waals surface area contributed by atoms with Crippen LogP contribution in [0.5, 0.6) is 5.75 Å². The molecular formula is C20H19N3O4. The number of rotatable bonds is 6. The van der Waals surface area contributed by atoms with Crippen LogP contribution in [0.4, 0.5) is 11.4 Å². The molecule has 27 heavy (non-hydrogen) atoms. The predicted octanol–water partition coefficient (Wildman–Crippen LogP) is 3.95. The van der Waals surface area contributed by atoms with Crippen LogP contribution in [0.2, 0.25) is 0 Å². The van der Waals surface area contributed by atoms with E-state index in [-0.39, 0.29) is 18.0 Å². The molecule has 1 aliphatic carbocycles. The summed E-state index contributed by atoms with van der Waals surface area (Å²) >= 11 is 0. The monoisotopic (exact) mass is 365 g/mol. The maximum absolute atomic E-state index is 12.1. The van der Waals surface area contributed by atoms with E-state index in [4.69, 9.17) is 4.74 Å². The van der Waals surface area contributed by atoms with Crippen molar-refractivity contribution in [2.45, 2.75) is 31.1 Å². The van der Waals surface area contributed by atoms with Gasteiger partial charge in [-0.2, -0.15) is 5.26 Å². The van der Waals surface area contributed by atoms with Gasteiger partial charge in [0.15, 0.2) is 12.4 Å². The molecule has 1 fully saturated rings. The third-order valence-corrected chi connectivity index (χ3v) is 4.81. The molecule has 0 radical (unpaired) electrons. The molecule has 1 saturated carbocycles. The number of benzene rings is 2. The first-order valence-electron chi connectivity index (χ1n) is 8.72. The van der Waals surface area contributed by atoms with Crippen molar-refractivity contribution >= 4 is 17.3 Å². The molecule has 0 heterocycles. The molecule has 0 atom stereocenters. The summed E-state index contributed by atoms with van der Waals surface area (Å²) < 4.78 is 5.27. The number of anilines is 1. The molecular weight excluding hydrogens is 346 g/mol. The van der Waals surface area contributed by atoms with E-state index in [0.717, 1.165) is 31.2 Å². The number of nitro benzene ring substituents is 1. The van der Waals surface area contributed by atoms with Gasteiger partial charge in [0.2, 0.25) is 0 Å². The van der Waals surface area contributed by atoms with Crippen molar-refractivity contribution in [1.29, 1.82) is 5.26 Å². The highest BCUT2D eigenvalue weighted by molar-refractivity contribution is 5.91. The minimum Gasteiger partial charge on any atom is -0.477 e. The summed E-state index contributed by atoms with van der Waals surface area (Å²) in [5.41, 5.74) is 0.948. The molecule has 1 N–H and O–H groups in total. The molecule has 1 amide bonds. The molecule has 2 aromatic carbocycles. The van der Waals surface area contributed by atoms with E-state index in [0.29, 0.717) is 5.69 Å². The van der Waals surface area contributed by atoms with Crippen molar-refractivity contribution in [1.82, 2.24) is 0 Å². The van der Waals surface area contributed by atoms with E-state index < -0.39 is 16.2 Å². The lowest BCUT2D eigenvalue weighted by molar-refractivity contribution is -0.385. The predicted molar refractivity (Wildman–Crippen MR) is 99.4 cm³/mol. The number of ether oxygens (including phenoxy) is 1. The van der Waals surface area contributed by atoms with Gasteiger partial charge in [0.25, 0.3) is 5.91 Å². The van der Waals surface area contributed by atoms with Gasteiger partial charge in [0.05, 0.1) is 16.4 Å². The molecule has 0 saturated heterocycles. The van der Waals surface area contributed by atoms with Gasteiger partial charge in [-0.1, -0.05) is 37.1 Å². The number of nitriles is 1. The van der Waals surface area contributed by atoms with Crippen LogP contribution in [0, 0.1) is 21.4 Å².